The normalized spacial score (nSPS) is 17.1. The number of hydrogen-bond donors (Lipinski definition) is 1. The fraction of sp³-hybridized carbons (Fsp3) is 0.533. The number of rotatable bonds is 3. The molecule has 0 unspecified atom stereocenters. The van der Waals surface area contributed by atoms with Gasteiger partial charge in [0.15, 0.2) is 0 Å². The summed E-state index contributed by atoms with van der Waals surface area (Å²) in [7, 11) is 0. The van der Waals surface area contributed by atoms with Crippen molar-refractivity contribution >= 4 is 29.1 Å². The summed E-state index contributed by atoms with van der Waals surface area (Å²) in [6, 6.07) is 4.94. The Bertz CT molecular complexity index is 500. The number of piperazine rings is 1. The summed E-state index contributed by atoms with van der Waals surface area (Å²) in [6.07, 6.45) is 0. The summed E-state index contributed by atoms with van der Waals surface area (Å²) in [5.41, 5.74) is 6.36. The molecule has 21 heavy (non-hydrogen) atoms. The first-order chi connectivity index (χ1) is 9.74. The van der Waals surface area contributed by atoms with Gasteiger partial charge in [0, 0.05) is 53.9 Å². The van der Waals surface area contributed by atoms with Gasteiger partial charge in [0.2, 0.25) is 0 Å². The monoisotopic (exact) mass is 329 g/mol. The highest BCUT2D eigenvalue weighted by molar-refractivity contribution is 6.35. The van der Waals surface area contributed by atoms with Crippen molar-refractivity contribution in [3.63, 3.8) is 0 Å². The van der Waals surface area contributed by atoms with Crippen LogP contribution in [0.3, 0.4) is 0 Å². The lowest BCUT2D eigenvalue weighted by molar-refractivity contribution is 0.0616. The summed E-state index contributed by atoms with van der Waals surface area (Å²) in [4.78, 5) is 16.6. The molecule has 1 aromatic rings. The lowest BCUT2D eigenvalue weighted by atomic mass is 10.1. The molecule has 1 fully saturated rings. The molecule has 0 spiro atoms. The standard InChI is InChI=1S/C15H21Cl2N3O/c1-15(2,18)10-19-3-5-20(6-4-19)14(21)11-7-12(16)9-13(17)8-11/h7-9H,3-6,10,18H2,1-2H3. The molecule has 2 rings (SSSR count). The maximum atomic E-state index is 12.5. The van der Waals surface area contributed by atoms with Gasteiger partial charge in [-0.25, -0.2) is 0 Å². The first kappa shape index (κ1) is 16.6. The first-order valence-electron chi connectivity index (χ1n) is 7.01. The van der Waals surface area contributed by atoms with Crippen LogP contribution in [-0.4, -0.2) is 54.0 Å². The van der Waals surface area contributed by atoms with Crippen molar-refractivity contribution < 1.29 is 4.79 Å². The van der Waals surface area contributed by atoms with E-state index < -0.39 is 0 Å². The van der Waals surface area contributed by atoms with E-state index in [9.17, 15) is 4.79 Å². The van der Waals surface area contributed by atoms with Crippen LogP contribution < -0.4 is 5.73 Å². The molecule has 1 amide bonds. The van der Waals surface area contributed by atoms with Crippen molar-refractivity contribution in [2.75, 3.05) is 32.7 Å². The number of nitrogens with zero attached hydrogens (tertiary/aromatic N) is 2. The highest BCUT2D eigenvalue weighted by Gasteiger charge is 2.25. The lowest BCUT2D eigenvalue weighted by Crippen LogP contribution is -2.54. The van der Waals surface area contributed by atoms with Crippen LogP contribution in [0.15, 0.2) is 18.2 Å². The topological polar surface area (TPSA) is 49.6 Å². The van der Waals surface area contributed by atoms with Gasteiger partial charge < -0.3 is 10.6 Å². The van der Waals surface area contributed by atoms with Gasteiger partial charge in [-0.15, -0.1) is 0 Å². The molecule has 1 aromatic carbocycles. The minimum absolute atomic E-state index is 0.0222. The van der Waals surface area contributed by atoms with E-state index in [1.807, 2.05) is 18.7 Å². The smallest absolute Gasteiger partial charge is 0.254 e. The number of amides is 1. The van der Waals surface area contributed by atoms with Crippen molar-refractivity contribution in [1.82, 2.24) is 9.80 Å². The second-order valence-corrected chi connectivity index (χ2v) is 7.09. The van der Waals surface area contributed by atoms with E-state index in [0.717, 1.165) is 19.6 Å². The summed E-state index contributed by atoms with van der Waals surface area (Å²) >= 11 is 11.9. The molecule has 1 aliphatic heterocycles. The van der Waals surface area contributed by atoms with Crippen LogP contribution in [0, 0.1) is 0 Å². The number of benzene rings is 1. The predicted molar refractivity (Wildman–Crippen MR) is 87.1 cm³/mol. The molecule has 6 heteroatoms. The van der Waals surface area contributed by atoms with Gasteiger partial charge >= 0.3 is 0 Å². The summed E-state index contributed by atoms with van der Waals surface area (Å²) in [5.74, 6) is -0.0222. The second kappa shape index (κ2) is 6.53. The Morgan fingerprint density at radius 3 is 2.14 bits per heavy atom. The second-order valence-electron chi connectivity index (χ2n) is 6.22. The Labute approximate surface area is 135 Å². The Morgan fingerprint density at radius 2 is 1.67 bits per heavy atom. The first-order valence-corrected chi connectivity index (χ1v) is 7.77. The van der Waals surface area contributed by atoms with Gasteiger partial charge in [0.1, 0.15) is 0 Å². The predicted octanol–water partition coefficient (Wildman–Crippen LogP) is 2.49. The zero-order valence-corrected chi connectivity index (χ0v) is 13.9. The Morgan fingerprint density at radius 1 is 1.14 bits per heavy atom. The highest BCUT2D eigenvalue weighted by atomic mass is 35.5. The molecule has 0 radical (unpaired) electrons. The zero-order valence-electron chi connectivity index (χ0n) is 12.4. The lowest BCUT2D eigenvalue weighted by Gasteiger charge is -2.37. The van der Waals surface area contributed by atoms with E-state index in [4.69, 9.17) is 28.9 Å². The van der Waals surface area contributed by atoms with E-state index in [-0.39, 0.29) is 11.4 Å². The van der Waals surface area contributed by atoms with Crippen LogP contribution >= 0.6 is 23.2 Å². The van der Waals surface area contributed by atoms with Gasteiger partial charge in [0.25, 0.3) is 5.91 Å². The molecule has 1 aliphatic rings. The molecular formula is C15H21Cl2N3O. The van der Waals surface area contributed by atoms with Crippen LogP contribution in [0.1, 0.15) is 24.2 Å². The van der Waals surface area contributed by atoms with Gasteiger partial charge in [-0.1, -0.05) is 23.2 Å². The largest absolute Gasteiger partial charge is 0.336 e. The molecular weight excluding hydrogens is 309 g/mol. The van der Waals surface area contributed by atoms with Gasteiger partial charge in [-0.2, -0.15) is 0 Å². The SMILES string of the molecule is CC(C)(N)CN1CCN(C(=O)c2cc(Cl)cc(Cl)c2)CC1. The molecule has 0 aromatic heterocycles. The van der Waals surface area contributed by atoms with Crippen LogP contribution in [0.25, 0.3) is 0 Å². The molecule has 0 bridgehead atoms. The fourth-order valence-corrected chi connectivity index (χ4v) is 3.07. The average molecular weight is 330 g/mol. The van der Waals surface area contributed by atoms with Crippen molar-refractivity contribution in [2.45, 2.75) is 19.4 Å². The van der Waals surface area contributed by atoms with Gasteiger partial charge in [-0.3, -0.25) is 9.69 Å². The molecule has 116 valence electrons. The third-order valence-electron chi connectivity index (χ3n) is 3.40. The van der Waals surface area contributed by atoms with Gasteiger partial charge in [0.05, 0.1) is 0 Å². The summed E-state index contributed by atoms with van der Waals surface area (Å²) < 4.78 is 0. The fourth-order valence-electron chi connectivity index (χ4n) is 2.55. The Balaban J connectivity index is 1.97. The Kier molecular flexibility index (Phi) is 5.15. The van der Waals surface area contributed by atoms with E-state index >= 15 is 0 Å². The number of carbonyl (C=O) groups excluding carboxylic acids is 1. The van der Waals surface area contributed by atoms with Crippen LogP contribution in [-0.2, 0) is 0 Å². The van der Waals surface area contributed by atoms with Crippen LogP contribution in [0.5, 0.6) is 0 Å². The van der Waals surface area contributed by atoms with Crippen molar-refractivity contribution in [3.8, 4) is 0 Å². The summed E-state index contributed by atoms with van der Waals surface area (Å²) in [5, 5.41) is 0.962. The highest BCUT2D eigenvalue weighted by Crippen LogP contribution is 2.20. The number of nitrogens with two attached hydrogens (primary N) is 1. The molecule has 1 saturated heterocycles. The van der Waals surface area contributed by atoms with Crippen LogP contribution in [0.2, 0.25) is 10.0 Å². The number of halogens is 2. The molecule has 0 atom stereocenters. The minimum atomic E-state index is -0.216. The van der Waals surface area contributed by atoms with E-state index in [1.54, 1.807) is 18.2 Å². The average Bonchev–Trinajstić information content (AvgIpc) is 2.35. The Hall–Kier alpha value is -0.810. The maximum absolute atomic E-state index is 12.5. The van der Waals surface area contributed by atoms with E-state index in [0.29, 0.717) is 28.7 Å². The zero-order chi connectivity index (χ0) is 15.6. The summed E-state index contributed by atoms with van der Waals surface area (Å²) in [6.45, 7) is 7.91. The minimum Gasteiger partial charge on any atom is -0.336 e. The number of carbonyl (C=O) groups is 1. The van der Waals surface area contributed by atoms with E-state index in [1.165, 1.54) is 0 Å². The number of hydrogen-bond acceptors (Lipinski definition) is 3. The van der Waals surface area contributed by atoms with E-state index in [2.05, 4.69) is 4.90 Å². The third-order valence-corrected chi connectivity index (χ3v) is 3.84. The quantitative estimate of drug-likeness (QED) is 0.926. The molecule has 1 heterocycles. The van der Waals surface area contributed by atoms with Crippen molar-refractivity contribution in [1.29, 1.82) is 0 Å². The van der Waals surface area contributed by atoms with Gasteiger partial charge in [-0.05, 0) is 32.0 Å². The van der Waals surface area contributed by atoms with Crippen molar-refractivity contribution in [3.05, 3.63) is 33.8 Å². The van der Waals surface area contributed by atoms with Crippen molar-refractivity contribution in [2.24, 2.45) is 5.73 Å². The molecule has 4 nitrogen and oxygen atoms in total. The molecule has 0 saturated carbocycles. The van der Waals surface area contributed by atoms with Crippen LogP contribution in [0.4, 0.5) is 0 Å². The maximum Gasteiger partial charge on any atom is 0.254 e. The molecule has 2 N–H and O–H groups in total. The third kappa shape index (κ3) is 4.85. The molecule has 0 aliphatic carbocycles.